The Kier molecular flexibility index (Phi) is 9.35. The van der Waals surface area contributed by atoms with Gasteiger partial charge >= 0.3 is 6.18 Å². The number of carbonyl (C=O) groups is 1. The normalized spacial score (nSPS) is 11.8. The van der Waals surface area contributed by atoms with Crippen molar-refractivity contribution in [3.8, 4) is 11.5 Å². The highest BCUT2D eigenvalue weighted by Crippen LogP contribution is 2.33. The fourth-order valence-corrected chi connectivity index (χ4v) is 4.80. The van der Waals surface area contributed by atoms with Crippen LogP contribution in [0.3, 0.4) is 0 Å². The van der Waals surface area contributed by atoms with Gasteiger partial charge in [-0.05, 0) is 67.9 Å². The third-order valence-corrected chi connectivity index (χ3v) is 6.84. The summed E-state index contributed by atoms with van der Waals surface area (Å²) in [7, 11) is -4.39. The van der Waals surface area contributed by atoms with Gasteiger partial charge in [-0.1, -0.05) is 24.3 Å². The molecule has 1 N–H and O–H groups in total. The van der Waals surface area contributed by atoms with Crippen LogP contribution in [0.4, 0.5) is 18.9 Å². The van der Waals surface area contributed by atoms with Crippen LogP contribution in [0.5, 0.6) is 11.5 Å². The summed E-state index contributed by atoms with van der Waals surface area (Å²) < 4.78 is 78.2. The van der Waals surface area contributed by atoms with Gasteiger partial charge in [-0.25, -0.2) is 13.8 Å². The van der Waals surface area contributed by atoms with Crippen molar-refractivity contribution >= 4 is 27.8 Å². The number of carbonyl (C=O) groups excluding carboxylic acids is 1. The first-order valence-electron chi connectivity index (χ1n) is 11.5. The molecule has 0 aliphatic rings. The van der Waals surface area contributed by atoms with Crippen LogP contribution in [0.25, 0.3) is 0 Å². The van der Waals surface area contributed by atoms with Crippen LogP contribution in [0, 0.1) is 0 Å². The van der Waals surface area contributed by atoms with Crippen LogP contribution in [0.1, 0.15) is 25.0 Å². The molecular formula is C26H26F3N3O5S. The zero-order chi connectivity index (χ0) is 27.8. The van der Waals surface area contributed by atoms with Gasteiger partial charge < -0.3 is 9.47 Å². The van der Waals surface area contributed by atoms with Crippen molar-refractivity contribution in [3.05, 3.63) is 83.9 Å². The molecule has 0 aliphatic carbocycles. The van der Waals surface area contributed by atoms with Gasteiger partial charge in [0.05, 0.1) is 35.6 Å². The summed E-state index contributed by atoms with van der Waals surface area (Å²) >= 11 is 0. The third kappa shape index (κ3) is 7.25. The van der Waals surface area contributed by atoms with E-state index in [-0.39, 0.29) is 10.6 Å². The Morgan fingerprint density at radius 3 is 2.29 bits per heavy atom. The first kappa shape index (κ1) is 28.5. The molecule has 1 amide bonds. The number of benzene rings is 3. The second-order valence-corrected chi connectivity index (χ2v) is 9.60. The number of hydrogen-bond acceptors (Lipinski definition) is 6. The van der Waals surface area contributed by atoms with Gasteiger partial charge in [0.25, 0.3) is 15.9 Å². The van der Waals surface area contributed by atoms with E-state index in [2.05, 4.69) is 10.5 Å². The summed E-state index contributed by atoms with van der Waals surface area (Å²) in [6.07, 6.45) is -3.39. The molecule has 0 aliphatic heterocycles. The van der Waals surface area contributed by atoms with Crippen molar-refractivity contribution in [2.24, 2.45) is 5.10 Å². The Morgan fingerprint density at radius 2 is 1.63 bits per heavy atom. The van der Waals surface area contributed by atoms with Gasteiger partial charge in [-0.15, -0.1) is 0 Å². The maximum Gasteiger partial charge on any atom is 0.416 e. The molecule has 3 rings (SSSR count). The lowest BCUT2D eigenvalue weighted by Crippen LogP contribution is -2.39. The maximum atomic E-state index is 13.3. The first-order chi connectivity index (χ1) is 18.1. The minimum absolute atomic E-state index is 0.188. The predicted octanol–water partition coefficient (Wildman–Crippen LogP) is 4.85. The van der Waals surface area contributed by atoms with Crippen LogP contribution >= 0.6 is 0 Å². The third-order valence-electron chi connectivity index (χ3n) is 5.05. The molecule has 0 aromatic heterocycles. The van der Waals surface area contributed by atoms with E-state index in [4.69, 9.17) is 9.47 Å². The molecule has 0 radical (unpaired) electrons. The van der Waals surface area contributed by atoms with Crippen molar-refractivity contribution in [2.45, 2.75) is 24.9 Å². The molecule has 0 fully saturated rings. The van der Waals surface area contributed by atoms with Crippen LogP contribution in [0.15, 0.2) is 82.8 Å². The lowest BCUT2D eigenvalue weighted by atomic mass is 10.2. The van der Waals surface area contributed by atoms with Gasteiger partial charge in [-0.3, -0.25) is 9.10 Å². The van der Waals surface area contributed by atoms with E-state index in [9.17, 15) is 26.4 Å². The molecule has 0 heterocycles. The Labute approximate surface area is 218 Å². The number of hydrogen-bond donors (Lipinski definition) is 1. The predicted molar refractivity (Wildman–Crippen MR) is 137 cm³/mol. The van der Waals surface area contributed by atoms with Crippen molar-refractivity contribution < 1.29 is 35.9 Å². The van der Waals surface area contributed by atoms with Crippen LogP contribution in [-0.4, -0.2) is 40.3 Å². The largest absolute Gasteiger partial charge is 0.490 e. The molecule has 38 heavy (non-hydrogen) atoms. The van der Waals surface area contributed by atoms with E-state index in [1.54, 1.807) is 24.3 Å². The monoisotopic (exact) mass is 549 g/mol. The number of hydrazone groups is 1. The van der Waals surface area contributed by atoms with Gasteiger partial charge in [0, 0.05) is 0 Å². The molecule has 202 valence electrons. The number of rotatable bonds is 11. The topological polar surface area (TPSA) is 97.3 Å². The molecule has 0 atom stereocenters. The summed E-state index contributed by atoms with van der Waals surface area (Å²) in [5, 5.41) is 3.85. The average molecular weight is 550 g/mol. The van der Waals surface area contributed by atoms with E-state index in [0.29, 0.717) is 40.6 Å². The molecule has 0 saturated carbocycles. The molecule has 3 aromatic rings. The average Bonchev–Trinajstić information content (AvgIpc) is 2.89. The molecule has 0 unspecified atom stereocenters. The van der Waals surface area contributed by atoms with E-state index < -0.39 is 34.2 Å². The summed E-state index contributed by atoms with van der Waals surface area (Å²) in [6.45, 7) is 3.68. The van der Waals surface area contributed by atoms with Gasteiger partial charge in [0.2, 0.25) is 0 Å². The quantitative estimate of drug-likeness (QED) is 0.273. The number of halogens is 3. The van der Waals surface area contributed by atoms with Crippen LogP contribution in [0.2, 0.25) is 0 Å². The summed E-state index contributed by atoms with van der Waals surface area (Å²) in [5.74, 6) is 0.154. The van der Waals surface area contributed by atoms with E-state index >= 15 is 0 Å². The second kappa shape index (κ2) is 12.5. The van der Waals surface area contributed by atoms with Crippen molar-refractivity contribution in [2.75, 3.05) is 24.1 Å². The number of amides is 1. The number of anilines is 1. The number of sulfonamides is 1. The standard InChI is InChI=1S/C26H26F3N3O5S/c1-3-36-23-14-13-19(15-24(23)37-4-2)17-30-31-25(33)18-32(38(34,35)22-11-6-5-7-12-22)21-10-8-9-20(16-21)26(27,28)29/h5-17H,3-4,18H2,1-2H3,(H,31,33)/b30-17+. The maximum absolute atomic E-state index is 13.3. The SMILES string of the molecule is CCOc1ccc(/C=N/NC(=O)CN(c2cccc(C(F)(F)F)c2)S(=O)(=O)c2ccccc2)cc1OCC. The first-order valence-corrected chi connectivity index (χ1v) is 13.0. The Morgan fingerprint density at radius 1 is 0.947 bits per heavy atom. The molecule has 0 spiro atoms. The van der Waals surface area contributed by atoms with Crippen molar-refractivity contribution in [1.29, 1.82) is 0 Å². The minimum Gasteiger partial charge on any atom is -0.490 e. The molecule has 0 saturated heterocycles. The molecule has 8 nitrogen and oxygen atoms in total. The second-order valence-electron chi connectivity index (χ2n) is 7.74. The van der Waals surface area contributed by atoms with Crippen LogP contribution < -0.4 is 19.2 Å². The summed E-state index contributed by atoms with van der Waals surface area (Å²) in [4.78, 5) is 12.5. The Bertz CT molecular complexity index is 1380. The van der Waals surface area contributed by atoms with Gasteiger partial charge in [0.1, 0.15) is 6.54 Å². The molecule has 0 bridgehead atoms. The van der Waals surface area contributed by atoms with E-state index in [1.807, 2.05) is 13.8 Å². The van der Waals surface area contributed by atoms with E-state index in [1.165, 1.54) is 36.5 Å². The highest BCUT2D eigenvalue weighted by molar-refractivity contribution is 7.92. The molecule has 3 aromatic carbocycles. The fourth-order valence-electron chi connectivity index (χ4n) is 3.36. The molecular weight excluding hydrogens is 523 g/mol. The van der Waals surface area contributed by atoms with Crippen LogP contribution in [-0.2, 0) is 21.0 Å². The smallest absolute Gasteiger partial charge is 0.416 e. The minimum atomic E-state index is -4.71. The highest BCUT2D eigenvalue weighted by Gasteiger charge is 2.33. The molecule has 12 heteroatoms. The zero-order valence-electron chi connectivity index (χ0n) is 20.6. The van der Waals surface area contributed by atoms with Crippen molar-refractivity contribution in [1.82, 2.24) is 5.43 Å². The van der Waals surface area contributed by atoms with Gasteiger partial charge in [0.15, 0.2) is 11.5 Å². The number of nitrogens with one attached hydrogen (secondary N) is 1. The van der Waals surface area contributed by atoms with E-state index in [0.717, 1.165) is 12.1 Å². The Balaban J connectivity index is 1.85. The lowest BCUT2D eigenvalue weighted by Gasteiger charge is -2.24. The number of alkyl halides is 3. The fraction of sp³-hybridized carbons (Fsp3) is 0.231. The summed E-state index contributed by atoms with van der Waals surface area (Å²) in [6, 6.07) is 15.8. The Hall–Kier alpha value is -4.06. The summed E-state index contributed by atoms with van der Waals surface area (Å²) in [5.41, 5.74) is 1.40. The lowest BCUT2D eigenvalue weighted by molar-refractivity contribution is -0.137. The van der Waals surface area contributed by atoms with Crippen molar-refractivity contribution in [3.63, 3.8) is 0 Å². The highest BCUT2D eigenvalue weighted by atomic mass is 32.2. The zero-order valence-corrected chi connectivity index (χ0v) is 21.4. The number of ether oxygens (including phenoxy) is 2. The van der Waals surface area contributed by atoms with Gasteiger partial charge in [-0.2, -0.15) is 18.3 Å². The number of nitrogens with zero attached hydrogens (tertiary/aromatic N) is 2.